The first kappa shape index (κ1) is 13.1. The molecule has 1 nitrogen and oxygen atoms in total. The number of hydrogen-bond acceptors (Lipinski definition) is 1. The van der Waals surface area contributed by atoms with Crippen LogP contribution in [0.1, 0.15) is 26.3 Å². The molecular formula is C16H16AsClO. The van der Waals surface area contributed by atoms with Crippen LogP contribution < -0.4 is 13.4 Å². The molecule has 0 saturated carbocycles. The van der Waals surface area contributed by atoms with Gasteiger partial charge in [-0.25, -0.2) is 0 Å². The predicted molar refractivity (Wildman–Crippen MR) is 82.5 cm³/mol. The molecule has 0 spiro atoms. The Morgan fingerprint density at radius 1 is 0.947 bits per heavy atom. The third-order valence-corrected chi connectivity index (χ3v) is 8.51. The van der Waals surface area contributed by atoms with E-state index in [0.29, 0.717) is 0 Å². The minimum atomic E-state index is -1.72. The van der Waals surface area contributed by atoms with Gasteiger partial charge in [-0.15, -0.1) is 0 Å². The molecule has 0 aliphatic carbocycles. The maximum absolute atomic E-state index is 6.77. The van der Waals surface area contributed by atoms with E-state index in [0.717, 1.165) is 11.5 Å². The fourth-order valence-corrected chi connectivity index (χ4v) is 6.44. The van der Waals surface area contributed by atoms with Gasteiger partial charge in [-0.3, -0.25) is 0 Å². The Labute approximate surface area is 123 Å². The molecule has 0 saturated heterocycles. The third kappa shape index (κ3) is 2.30. The van der Waals surface area contributed by atoms with E-state index in [9.17, 15) is 0 Å². The summed E-state index contributed by atoms with van der Waals surface area (Å²) in [7, 11) is 6.77. The second-order valence-electron chi connectivity index (χ2n) is 5.78. The average Bonchev–Trinajstić information content (AvgIpc) is 2.37. The molecule has 3 rings (SSSR count). The van der Waals surface area contributed by atoms with Crippen molar-refractivity contribution in [2.75, 3.05) is 0 Å². The van der Waals surface area contributed by atoms with Crippen molar-refractivity contribution in [2.45, 2.75) is 26.2 Å². The van der Waals surface area contributed by atoms with Crippen molar-refractivity contribution in [3.63, 3.8) is 0 Å². The Kier molecular flexibility index (Phi) is 3.15. The standard InChI is InChI=1S/C16H16AsClO/c1-16(2,3)11-8-9-15-13(10-11)17(18)12-6-4-5-7-14(12)19-15/h4-10H,1-3H3. The Hall–Kier alpha value is -0.912. The Morgan fingerprint density at radius 3 is 2.37 bits per heavy atom. The zero-order chi connectivity index (χ0) is 13.6. The number of hydrogen-bond donors (Lipinski definition) is 0. The Bertz CT molecular complexity index is 631. The molecule has 0 radical (unpaired) electrons. The second kappa shape index (κ2) is 4.58. The molecule has 0 N–H and O–H groups in total. The Morgan fingerprint density at radius 2 is 1.63 bits per heavy atom. The summed E-state index contributed by atoms with van der Waals surface area (Å²) in [5.41, 5.74) is 1.45. The maximum atomic E-state index is 6.77. The van der Waals surface area contributed by atoms with Gasteiger partial charge in [0.25, 0.3) is 0 Å². The van der Waals surface area contributed by atoms with Crippen molar-refractivity contribution in [3.05, 3.63) is 48.0 Å². The molecule has 0 aromatic heterocycles. The predicted octanol–water partition coefficient (Wildman–Crippen LogP) is 3.43. The number of fused-ring (bicyclic) bond motifs is 2. The summed E-state index contributed by atoms with van der Waals surface area (Å²) in [6.07, 6.45) is 0. The fraction of sp³-hybridized carbons (Fsp3) is 0.250. The van der Waals surface area contributed by atoms with E-state index < -0.39 is 13.7 Å². The van der Waals surface area contributed by atoms with Crippen LogP contribution in [-0.4, -0.2) is 13.7 Å². The number of rotatable bonds is 0. The average molecular weight is 335 g/mol. The SMILES string of the molecule is CC(C)(C)c1ccc2c(c1)[As](Cl)c1ccccc1O2. The Balaban J connectivity index is 2.11. The van der Waals surface area contributed by atoms with Crippen molar-refractivity contribution in [1.82, 2.24) is 0 Å². The van der Waals surface area contributed by atoms with E-state index >= 15 is 0 Å². The number of benzene rings is 2. The summed E-state index contributed by atoms with van der Waals surface area (Å²) in [4.78, 5) is 0. The summed E-state index contributed by atoms with van der Waals surface area (Å²) < 4.78 is 8.37. The zero-order valence-electron chi connectivity index (χ0n) is 11.3. The van der Waals surface area contributed by atoms with E-state index in [2.05, 4.69) is 45.0 Å². The summed E-state index contributed by atoms with van der Waals surface area (Å²) in [5, 5.41) is 0. The monoisotopic (exact) mass is 334 g/mol. The zero-order valence-corrected chi connectivity index (χ0v) is 13.9. The van der Waals surface area contributed by atoms with Gasteiger partial charge >= 0.3 is 123 Å². The molecule has 2 aromatic carbocycles. The quantitative estimate of drug-likeness (QED) is 0.671. The molecule has 2 aromatic rings. The summed E-state index contributed by atoms with van der Waals surface area (Å²) >= 11 is -1.72. The molecule has 1 aliphatic heterocycles. The van der Waals surface area contributed by atoms with Crippen LogP contribution in [0.25, 0.3) is 0 Å². The van der Waals surface area contributed by atoms with E-state index in [4.69, 9.17) is 14.7 Å². The van der Waals surface area contributed by atoms with Crippen LogP contribution in [0, 0.1) is 0 Å². The summed E-state index contributed by atoms with van der Waals surface area (Å²) in [5.74, 6) is 1.86. The van der Waals surface area contributed by atoms with E-state index in [1.165, 1.54) is 14.3 Å². The second-order valence-corrected chi connectivity index (χ2v) is 10.7. The fourth-order valence-electron chi connectivity index (χ4n) is 2.18. The van der Waals surface area contributed by atoms with Crippen LogP contribution in [0.2, 0.25) is 0 Å². The molecule has 0 bridgehead atoms. The minimum absolute atomic E-state index is 0.137. The van der Waals surface area contributed by atoms with Crippen LogP contribution >= 0.6 is 9.95 Å². The number of halogens is 1. The van der Waals surface area contributed by atoms with Gasteiger partial charge < -0.3 is 0 Å². The van der Waals surface area contributed by atoms with E-state index in [1.54, 1.807) is 0 Å². The van der Waals surface area contributed by atoms with Gasteiger partial charge in [0.2, 0.25) is 0 Å². The van der Waals surface area contributed by atoms with Crippen molar-refractivity contribution >= 4 is 32.4 Å². The third-order valence-electron chi connectivity index (χ3n) is 3.33. The molecule has 0 fully saturated rings. The first-order valence-electron chi connectivity index (χ1n) is 6.34. The molecule has 1 unspecified atom stereocenters. The van der Waals surface area contributed by atoms with Gasteiger partial charge in [0.1, 0.15) is 0 Å². The van der Waals surface area contributed by atoms with Gasteiger partial charge in [-0.1, -0.05) is 0 Å². The van der Waals surface area contributed by atoms with Crippen molar-refractivity contribution in [3.8, 4) is 11.5 Å². The first-order valence-corrected chi connectivity index (χ1v) is 10.7. The molecule has 19 heavy (non-hydrogen) atoms. The molecule has 0 amide bonds. The molecule has 1 aliphatic rings. The van der Waals surface area contributed by atoms with Crippen LogP contribution in [0.4, 0.5) is 0 Å². The van der Waals surface area contributed by atoms with Crippen molar-refractivity contribution in [2.24, 2.45) is 0 Å². The van der Waals surface area contributed by atoms with Gasteiger partial charge in [0.05, 0.1) is 0 Å². The van der Waals surface area contributed by atoms with Crippen molar-refractivity contribution < 1.29 is 4.74 Å². The van der Waals surface area contributed by atoms with E-state index in [-0.39, 0.29) is 5.41 Å². The van der Waals surface area contributed by atoms with Crippen LogP contribution in [0.15, 0.2) is 42.5 Å². The molecular weight excluding hydrogens is 319 g/mol. The van der Waals surface area contributed by atoms with Gasteiger partial charge in [0.15, 0.2) is 0 Å². The van der Waals surface area contributed by atoms with Gasteiger partial charge in [-0.2, -0.15) is 0 Å². The first-order chi connectivity index (χ1) is 8.97. The normalized spacial score (nSPS) is 17.4. The number of para-hydroxylation sites is 1. The molecule has 3 heteroatoms. The topological polar surface area (TPSA) is 9.23 Å². The number of ether oxygens (including phenoxy) is 1. The van der Waals surface area contributed by atoms with Gasteiger partial charge in [0, 0.05) is 0 Å². The van der Waals surface area contributed by atoms with Crippen LogP contribution in [-0.2, 0) is 5.41 Å². The van der Waals surface area contributed by atoms with Crippen LogP contribution in [0.5, 0.6) is 11.5 Å². The van der Waals surface area contributed by atoms with Crippen molar-refractivity contribution in [1.29, 1.82) is 0 Å². The van der Waals surface area contributed by atoms with Crippen LogP contribution in [0.3, 0.4) is 0 Å². The summed E-state index contributed by atoms with van der Waals surface area (Å²) in [6, 6.07) is 14.6. The molecule has 1 atom stereocenters. The summed E-state index contributed by atoms with van der Waals surface area (Å²) in [6.45, 7) is 6.66. The van der Waals surface area contributed by atoms with E-state index in [1.807, 2.05) is 18.2 Å². The molecule has 1 heterocycles. The van der Waals surface area contributed by atoms with Gasteiger partial charge in [-0.05, 0) is 0 Å². The molecule has 98 valence electrons.